The van der Waals surface area contributed by atoms with Crippen molar-refractivity contribution < 1.29 is 9.21 Å². The van der Waals surface area contributed by atoms with Crippen molar-refractivity contribution in [3.8, 4) is 6.07 Å². The summed E-state index contributed by atoms with van der Waals surface area (Å²) in [5, 5.41) is 13.2. The molecule has 0 unspecified atom stereocenters. The number of hydrogen-bond acceptors (Lipinski definition) is 6. The Bertz CT molecular complexity index is 1040. The van der Waals surface area contributed by atoms with Gasteiger partial charge < -0.3 is 9.73 Å². The number of anilines is 1. The van der Waals surface area contributed by atoms with Gasteiger partial charge in [0.15, 0.2) is 10.2 Å². The molecule has 0 aliphatic heterocycles. The van der Waals surface area contributed by atoms with E-state index in [1.807, 2.05) is 38.1 Å². The molecule has 0 aliphatic carbocycles. The zero-order valence-corrected chi connectivity index (χ0v) is 15.6. The lowest BCUT2D eigenvalue weighted by molar-refractivity contribution is -0.112. The second-order valence-corrected chi connectivity index (χ2v) is 6.70. The van der Waals surface area contributed by atoms with Crippen molar-refractivity contribution >= 4 is 29.4 Å². The van der Waals surface area contributed by atoms with Gasteiger partial charge in [-0.2, -0.15) is 5.26 Å². The second kappa shape index (κ2) is 8.34. The third-order valence-corrected chi connectivity index (χ3v) is 4.44. The van der Waals surface area contributed by atoms with E-state index < -0.39 is 5.91 Å². The van der Waals surface area contributed by atoms with Crippen molar-refractivity contribution in [2.45, 2.75) is 24.1 Å². The van der Waals surface area contributed by atoms with Gasteiger partial charge in [-0.15, -0.1) is 0 Å². The van der Waals surface area contributed by atoms with Crippen molar-refractivity contribution in [1.82, 2.24) is 9.97 Å². The molecule has 3 aromatic rings. The summed E-state index contributed by atoms with van der Waals surface area (Å²) in [7, 11) is 0. The normalized spacial score (nSPS) is 11.1. The summed E-state index contributed by atoms with van der Waals surface area (Å²) < 4.78 is 5.64. The van der Waals surface area contributed by atoms with Crippen molar-refractivity contribution in [2.24, 2.45) is 0 Å². The van der Waals surface area contributed by atoms with Crippen molar-refractivity contribution in [3.05, 3.63) is 71.3 Å². The summed E-state index contributed by atoms with van der Waals surface area (Å²) in [4.78, 5) is 20.7. The minimum absolute atomic E-state index is 0.0437. The molecule has 7 heteroatoms. The maximum Gasteiger partial charge on any atom is 0.266 e. The fraction of sp³-hybridized carbons (Fsp3) is 0.100. The Morgan fingerprint density at radius 1 is 1.22 bits per heavy atom. The smallest absolute Gasteiger partial charge is 0.266 e. The Morgan fingerprint density at radius 3 is 2.74 bits per heavy atom. The molecule has 0 fully saturated rings. The molecule has 0 saturated heterocycles. The first kappa shape index (κ1) is 18.4. The summed E-state index contributed by atoms with van der Waals surface area (Å²) in [5.41, 5.74) is 2.58. The Balaban J connectivity index is 1.75. The summed E-state index contributed by atoms with van der Waals surface area (Å²) >= 11 is 1.26. The van der Waals surface area contributed by atoms with Crippen LogP contribution in [0.2, 0.25) is 0 Å². The molecule has 0 aliphatic rings. The minimum Gasteiger partial charge on any atom is -0.450 e. The lowest BCUT2D eigenvalue weighted by Gasteiger charge is -2.08. The van der Waals surface area contributed by atoms with Crippen LogP contribution in [0.5, 0.6) is 0 Å². The largest absolute Gasteiger partial charge is 0.450 e. The molecule has 0 atom stereocenters. The monoisotopic (exact) mass is 376 g/mol. The quantitative estimate of drug-likeness (QED) is 0.403. The summed E-state index contributed by atoms with van der Waals surface area (Å²) in [5.74, 6) is -0.0794. The van der Waals surface area contributed by atoms with E-state index in [2.05, 4.69) is 15.3 Å². The van der Waals surface area contributed by atoms with E-state index in [1.54, 1.807) is 30.6 Å². The van der Waals surface area contributed by atoms with Crippen LogP contribution in [-0.2, 0) is 4.79 Å². The number of carbonyl (C=O) groups excluding carboxylic acids is 1. The highest BCUT2D eigenvalue weighted by atomic mass is 32.2. The predicted molar refractivity (Wildman–Crippen MR) is 103 cm³/mol. The summed E-state index contributed by atoms with van der Waals surface area (Å²) in [6.45, 7) is 3.83. The Hall–Kier alpha value is -3.37. The second-order valence-electron chi connectivity index (χ2n) is 5.73. The van der Waals surface area contributed by atoms with Crippen LogP contribution in [-0.4, -0.2) is 15.9 Å². The van der Waals surface area contributed by atoms with Crippen LogP contribution >= 0.6 is 11.8 Å². The fourth-order valence-corrected chi connectivity index (χ4v) is 2.93. The number of carbonyl (C=O) groups is 1. The molecule has 0 saturated carbocycles. The number of aromatic nitrogens is 2. The maximum absolute atomic E-state index is 12.4. The molecule has 27 heavy (non-hydrogen) atoms. The zero-order valence-electron chi connectivity index (χ0n) is 14.8. The number of nitrogens with one attached hydrogen (secondary N) is 1. The molecule has 1 N–H and O–H groups in total. The molecule has 2 aromatic heterocycles. The number of nitriles is 1. The molecular formula is C20H16N4O2S. The van der Waals surface area contributed by atoms with Crippen LogP contribution in [0.3, 0.4) is 0 Å². The number of hydrogen-bond donors (Lipinski definition) is 1. The lowest BCUT2D eigenvalue weighted by Crippen LogP contribution is -2.14. The van der Waals surface area contributed by atoms with Gasteiger partial charge in [0.25, 0.3) is 5.91 Å². The fourth-order valence-electron chi connectivity index (χ4n) is 2.25. The van der Waals surface area contributed by atoms with Crippen LogP contribution in [0.15, 0.2) is 69.0 Å². The molecular weight excluding hydrogens is 360 g/mol. The summed E-state index contributed by atoms with van der Waals surface area (Å²) in [6.07, 6.45) is 4.70. The number of benzene rings is 1. The molecule has 3 rings (SSSR count). The van der Waals surface area contributed by atoms with E-state index in [0.717, 1.165) is 11.1 Å². The highest BCUT2D eigenvalue weighted by molar-refractivity contribution is 7.99. The van der Waals surface area contributed by atoms with Crippen LogP contribution in [0.25, 0.3) is 6.08 Å². The van der Waals surface area contributed by atoms with Gasteiger partial charge in [0.1, 0.15) is 17.4 Å². The Labute approximate surface area is 161 Å². The number of rotatable bonds is 5. The van der Waals surface area contributed by atoms with E-state index in [1.165, 1.54) is 17.8 Å². The van der Waals surface area contributed by atoms with Crippen LogP contribution in [0, 0.1) is 25.2 Å². The van der Waals surface area contributed by atoms with Gasteiger partial charge in [-0.1, -0.05) is 12.1 Å². The topological polar surface area (TPSA) is 91.8 Å². The molecule has 2 heterocycles. The number of aryl methyl sites for hydroxylation is 2. The van der Waals surface area contributed by atoms with Crippen molar-refractivity contribution in [1.29, 1.82) is 5.26 Å². The highest BCUT2D eigenvalue weighted by Crippen LogP contribution is 2.27. The van der Waals surface area contributed by atoms with Crippen LogP contribution < -0.4 is 5.32 Å². The van der Waals surface area contributed by atoms with E-state index in [0.29, 0.717) is 21.7 Å². The van der Waals surface area contributed by atoms with E-state index >= 15 is 0 Å². The number of nitrogens with zero attached hydrogens (tertiary/aromatic N) is 3. The average molecular weight is 376 g/mol. The average Bonchev–Trinajstić information content (AvgIpc) is 3.10. The zero-order chi connectivity index (χ0) is 19.2. The first-order valence-electron chi connectivity index (χ1n) is 8.10. The Kier molecular flexibility index (Phi) is 5.69. The lowest BCUT2D eigenvalue weighted by atomic mass is 10.1. The van der Waals surface area contributed by atoms with Gasteiger partial charge >= 0.3 is 0 Å². The first-order valence-corrected chi connectivity index (χ1v) is 8.92. The molecule has 0 radical (unpaired) electrons. The third kappa shape index (κ3) is 4.84. The van der Waals surface area contributed by atoms with Crippen LogP contribution in [0.4, 0.5) is 5.69 Å². The molecule has 134 valence electrons. The molecule has 6 nitrogen and oxygen atoms in total. The number of furan rings is 1. The molecule has 1 aromatic carbocycles. The molecule has 0 spiro atoms. The molecule has 1 amide bonds. The van der Waals surface area contributed by atoms with E-state index in [-0.39, 0.29) is 5.57 Å². The van der Waals surface area contributed by atoms with Gasteiger partial charge in [-0.25, -0.2) is 9.97 Å². The van der Waals surface area contributed by atoms with Gasteiger partial charge in [-0.3, -0.25) is 4.79 Å². The first-order chi connectivity index (χ1) is 13.0. The Morgan fingerprint density at radius 2 is 2.00 bits per heavy atom. The highest BCUT2D eigenvalue weighted by Gasteiger charge is 2.13. The molecule has 0 bridgehead atoms. The van der Waals surface area contributed by atoms with Gasteiger partial charge in [0.05, 0.1) is 0 Å². The summed E-state index contributed by atoms with van der Waals surface area (Å²) in [6, 6.07) is 12.8. The predicted octanol–water partition coefficient (Wildman–Crippen LogP) is 4.38. The van der Waals surface area contributed by atoms with Gasteiger partial charge in [0.2, 0.25) is 0 Å². The van der Waals surface area contributed by atoms with Crippen molar-refractivity contribution in [2.75, 3.05) is 5.32 Å². The van der Waals surface area contributed by atoms with Gasteiger partial charge in [-0.05, 0) is 61.0 Å². The number of amides is 1. The maximum atomic E-state index is 12.4. The SMILES string of the molecule is Cc1ccc(C)c(NC(=O)/C(C#N)=C/c2ccc(Sc3ncccn3)o2)c1. The van der Waals surface area contributed by atoms with Gasteiger partial charge in [0, 0.05) is 24.2 Å². The van der Waals surface area contributed by atoms with Crippen LogP contribution in [0.1, 0.15) is 16.9 Å². The van der Waals surface area contributed by atoms with Crippen molar-refractivity contribution in [3.63, 3.8) is 0 Å². The van der Waals surface area contributed by atoms with E-state index in [4.69, 9.17) is 4.42 Å². The third-order valence-electron chi connectivity index (χ3n) is 3.63. The van der Waals surface area contributed by atoms with E-state index in [9.17, 15) is 10.1 Å². The standard InChI is InChI=1S/C20H16N4O2S/c1-13-4-5-14(2)17(10-13)24-19(25)15(12-21)11-16-6-7-18(26-16)27-20-22-8-3-9-23-20/h3-11H,1-2H3,(H,24,25)/b15-11+. The minimum atomic E-state index is -0.483.